The predicted molar refractivity (Wildman–Crippen MR) is 144 cm³/mol. The second-order valence-electron chi connectivity index (χ2n) is 10.2. The van der Waals surface area contributed by atoms with E-state index in [-0.39, 0.29) is 11.8 Å². The molecule has 3 aromatic rings. The summed E-state index contributed by atoms with van der Waals surface area (Å²) in [6, 6.07) is 14.8. The van der Waals surface area contributed by atoms with Gasteiger partial charge in [0.05, 0.1) is 5.02 Å². The summed E-state index contributed by atoms with van der Waals surface area (Å²) in [5, 5.41) is 7.51. The van der Waals surface area contributed by atoms with Gasteiger partial charge in [-0.2, -0.15) is 0 Å². The Morgan fingerprint density at radius 1 is 1.03 bits per heavy atom. The lowest BCUT2D eigenvalue weighted by Gasteiger charge is -2.36. The Bertz CT molecular complexity index is 1180. The van der Waals surface area contributed by atoms with Gasteiger partial charge < -0.3 is 20.5 Å². The first-order valence-electron chi connectivity index (χ1n) is 13.2. The molecule has 1 atom stereocenters. The van der Waals surface area contributed by atoms with Gasteiger partial charge in [0, 0.05) is 35.2 Å². The fourth-order valence-electron chi connectivity index (χ4n) is 5.77. The molecular weight excluding hydrogens is 472 g/mol. The number of nitrogens with zero attached hydrogens (tertiary/aromatic N) is 1. The summed E-state index contributed by atoms with van der Waals surface area (Å²) in [6.07, 6.45) is 10.6. The van der Waals surface area contributed by atoms with E-state index in [9.17, 15) is 9.59 Å². The van der Waals surface area contributed by atoms with Crippen LogP contribution in [-0.4, -0.2) is 47.4 Å². The van der Waals surface area contributed by atoms with E-state index >= 15 is 0 Å². The van der Waals surface area contributed by atoms with Gasteiger partial charge in [-0.3, -0.25) is 9.59 Å². The number of fused-ring (bicyclic) bond motifs is 1. The summed E-state index contributed by atoms with van der Waals surface area (Å²) in [5.41, 5.74) is 2.02. The third kappa shape index (κ3) is 5.76. The molecule has 190 valence electrons. The summed E-state index contributed by atoms with van der Waals surface area (Å²) < 4.78 is 0. The van der Waals surface area contributed by atoms with Crippen LogP contribution >= 0.6 is 11.6 Å². The lowest BCUT2D eigenvalue weighted by molar-refractivity contribution is -0.123. The van der Waals surface area contributed by atoms with Crippen LogP contribution in [0.2, 0.25) is 5.02 Å². The van der Waals surface area contributed by atoms with Gasteiger partial charge in [-0.15, -0.1) is 0 Å². The second-order valence-corrected chi connectivity index (χ2v) is 10.6. The zero-order valence-electron chi connectivity index (χ0n) is 20.6. The molecule has 2 aliphatic rings. The fourth-order valence-corrected chi connectivity index (χ4v) is 5.99. The highest BCUT2D eigenvalue weighted by Crippen LogP contribution is 2.29. The van der Waals surface area contributed by atoms with Crippen molar-refractivity contribution in [1.29, 1.82) is 0 Å². The number of benzene rings is 2. The molecule has 0 spiro atoms. The second kappa shape index (κ2) is 11.5. The van der Waals surface area contributed by atoms with Crippen LogP contribution in [-0.2, 0) is 4.79 Å². The highest BCUT2D eigenvalue weighted by Gasteiger charge is 2.28. The van der Waals surface area contributed by atoms with E-state index in [4.69, 9.17) is 11.6 Å². The minimum Gasteiger partial charge on any atom is -0.360 e. The number of aromatic nitrogens is 1. The van der Waals surface area contributed by atoms with Crippen molar-refractivity contribution < 1.29 is 9.59 Å². The maximum atomic E-state index is 13.2. The zero-order valence-corrected chi connectivity index (χ0v) is 21.4. The number of halogens is 1. The van der Waals surface area contributed by atoms with Crippen molar-refractivity contribution in [3.05, 3.63) is 70.9 Å². The Morgan fingerprint density at radius 2 is 1.78 bits per heavy atom. The van der Waals surface area contributed by atoms with Crippen LogP contribution in [0.5, 0.6) is 0 Å². The number of carbonyl (C=O) groups excluding carboxylic acids is 2. The minimum absolute atomic E-state index is 0.179. The SMILES string of the molecule is O=C(N[C@@H](C(=O)NCCC1CCN(C2CCCC2)CC1)c1ccccc1)c1ccc2c(Cl)c[nH]c2c1. The number of hydrogen-bond acceptors (Lipinski definition) is 3. The molecule has 0 bridgehead atoms. The van der Waals surface area contributed by atoms with Gasteiger partial charge in [0.2, 0.25) is 5.91 Å². The normalized spacial score (nSPS) is 18.4. The quantitative estimate of drug-likeness (QED) is 0.380. The molecule has 2 fully saturated rings. The van der Waals surface area contributed by atoms with Gasteiger partial charge in [-0.25, -0.2) is 0 Å². The van der Waals surface area contributed by atoms with Crippen LogP contribution in [0.25, 0.3) is 10.9 Å². The van der Waals surface area contributed by atoms with E-state index < -0.39 is 6.04 Å². The molecule has 6 nitrogen and oxygen atoms in total. The first kappa shape index (κ1) is 24.8. The van der Waals surface area contributed by atoms with Crippen molar-refractivity contribution in [2.45, 2.75) is 57.0 Å². The Labute approximate surface area is 217 Å². The molecule has 5 rings (SSSR count). The summed E-state index contributed by atoms with van der Waals surface area (Å²) in [6.45, 7) is 2.99. The number of rotatable bonds is 8. The molecule has 7 heteroatoms. The summed E-state index contributed by atoms with van der Waals surface area (Å²) >= 11 is 6.16. The highest BCUT2D eigenvalue weighted by atomic mass is 35.5. The molecule has 1 aromatic heterocycles. The Hall–Kier alpha value is -2.83. The first-order valence-corrected chi connectivity index (χ1v) is 13.6. The van der Waals surface area contributed by atoms with E-state index in [0.717, 1.165) is 28.9 Å². The number of H-pyrrole nitrogens is 1. The van der Waals surface area contributed by atoms with Crippen molar-refractivity contribution >= 4 is 34.3 Å². The molecule has 1 saturated carbocycles. The number of carbonyl (C=O) groups is 2. The highest BCUT2D eigenvalue weighted by molar-refractivity contribution is 6.35. The topological polar surface area (TPSA) is 77.2 Å². The van der Waals surface area contributed by atoms with Crippen molar-refractivity contribution in [3.63, 3.8) is 0 Å². The van der Waals surface area contributed by atoms with Crippen molar-refractivity contribution in [2.24, 2.45) is 5.92 Å². The molecule has 3 N–H and O–H groups in total. The molecule has 1 aliphatic carbocycles. The molecular formula is C29H35ClN4O2. The molecule has 0 unspecified atom stereocenters. The molecule has 2 heterocycles. The first-order chi connectivity index (χ1) is 17.6. The van der Waals surface area contributed by atoms with Crippen LogP contribution in [0.1, 0.15) is 66.9 Å². The summed E-state index contributed by atoms with van der Waals surface area (Å²) in [4.78, 5) is 32.1. The Kier molecular flexibility index (Phi) is 7.93. The smallest absolute Gasteiger partial charge is 0.252 e. The largest absolute Gasteiger partial charge is 0.360 e. The van der Waals surface area contributed by atoms with Gasteiger partial charge in [0.1, 0.15) is 6.04 Å². The average molecular weight is 507 g/mol. The van der Waals surface area contributed by atoms with E-state index in [1.165, 1.54) is 51.6 Å². The maximum absolute atomic E-state index is 13.2. The van der Waals surface area contributed by atoms with Gasteiger partial charge in [0.25, 0.3) is 5.91 Å². The van der Waals surface area contributed by atoms with E-state index in [0.29, 0.717) is 23.0 Å². The van der Waals surface area contributed by atoms with Gasteiger partial charge in [0.15, 0.2) is 0 Å². The fraction of sp³-hybridized carbons (Fsp3) is 0.448. The Balaban J connectivity index is 1.17. The molecule has 2 amide bonds. The van der Waals surface area contributed by atoms with Gasteiger partial charge in [-0.05, 0) is 68.8 Å². The van der Waals surface area contributed by atoms with Crippen molar-refractivity contribution in [2.75, 3.05) is 19.6 Å². The van der Waals surface area contributed by atoms with Crippen LogP contribution in [0.4, 0.5) is 0 Å². The number of hydrogen-bond donors (Lipinski definition) is 3. The van der Waals surface area contributed by atoms with Gasteiger partial charge in [-0.1, -0.05) is 60.8 Å². The van der Waals surface area contributed by atoms with Crippen LogP contribution in [0.15, 0.2) is 54.7 Å². The van der Waals surface area contributed by atoms with Crippen LogP contribution in [0, 0.1) is 5.92 Å². The molecule has 1 saturated heterocycles. The number of likely N-dealkylation sites (tertiary alicyclic amines) is 1. The average Bonchev–Trinajstić information content (AvgIpc) is 3.58. The Morgan fingerprint density at radius 3 is 2.53 bits per heavy atom. The minimum atomic E-state index is -0.758. The maximum Gasteiger partial charge on any atom is 0.252 e. The van der Waals surface area contributed by atoms with E-state index in [1.807, 2.05) is 36.4 Å². The predicted octanol–water partition coefficient (Wildman–Crippen LogP) is 5.45. The standard InChI is InChI=1S/C29H35ClN4O2/c30-25-19-32-26-18-22(10-11-24(25)26)28(35)33-27(21-6-2-1-3-7-21)29(36)31-15-12-20-13-16-34(17-14-20)23-8-4-5-9-23/h1-3,6-7,10-11,18-20,23,27,32H,4-5,8-9,12-17H2,(H,31,36)(H,33,35)/t27-/m1/s1. The lowest BCUT2D eigenvalue weighted by Crippen LogP contribution is -2.42. The van der Waals surface area contributed by atoms with Gasteiger partial charge >= 0.3 is 0 Å². The summed E-state index contributed by atoms with van der Waals surface area (Å²) in [5.74, 6) is 0.167. The number of amides is 2. The monoisotopic (exact) mass is 506 g/mol. The molecule has 0 radical (unpaired) electrons. The molecule has 2 aromatic carbocycles. The lowest BCUT2D eigenvalue weighted by atomic mass is 9.92. The molecule has 1 aliphatic heterocycles. The van der Waals surface area contributed by atoms with Crippen LogP contribution in [0.3, 0.4) is 0 Å². The zero-order chi connectivity index (χ0) is 24.9. The number of piperidine rings is 1. The number of nitrogens with one attached hydrogen (secondary N) is 3. The van der Waals surface area contributed by atoms with E-state index in [2.05, 4.69) is 20.5 Å². The third-order valence-electron chi connectivity index (χ3n) is 7.91. The molecule has 36 heavy (non-hydrogen) atoms. The number of aromatic amines is 1. The van der Waals surface area contributed by atoms with Crippen molar-refractivity contribution in [1.82, 2.24) is 20.5 Å². The third-order valence-corrected chi connectivity index (χ3v) is 8.22. The summed E-state index contributed by atoms with van der Waals surface area (Å²) in [7, 11) is 0. The van der Waals surface area contributed by atoms with Crippen LogP contribution < -0.4 is 10.6 Å². The van der Waals surface area contributed by atoms with Crippen molar-refractivity contribution in [3.8, 4) is 0 Å². The van der Waals surface area contributed by atoms with E-state index in [1.54, 1.807) is 18.3 Å².